The molecular weight excluding hydrogens is 667 g/mol. The third-order valence-corrected chi connectivity index (χ3v) is 15.9. The van der Waals surface area contributed by atoms with Gasteiger partial charge < -0.3 is 9.32 Å². The van der Waals surface area contributed by atoms with Gasteiger partial charge in [-0.05, 0) is 92.6 Å². The molecule has 3 heterocycles. The summed E-state index contributed by atoms with van der Waals surface area (Å²) >= 11 is 1.86. The van der Waals surface area contributed by atoms with Crippen LogP contribution in [-0.2, 0) is 0 Å². The lowest BCUT2D eigenvalue weighted by atomic mass is 10.0. The van der Waals surface area contributed by atoms with Gasteiger partial charge in [0.05, 0.1) is 0 Å². The molecule has 0 amide bonds. The summed E-state index contributed by atoms with van der Waals surface area (Å²) in [7, 11) is -1.87. The number of thiophene rings is 1. The van der Waals surface area contributed by atoms with Crippen molar-refractivity contribution in [1.29, 1.82) is 0 Å². The Morgan fingerprint density at radius 2 is 1.17 bits per heavy atom. The molecule has 0 saturated carbocycles. The van der Waals surface area contributed by atoms with Crippen LogP contribution in [0.15, 0.2) is 168 Å². The molecule has 246 valence electrons. The number of nitrogens with zero attached hydrogens (tertiary/aromatic N) is 1. The van der Waals surface area contributed by atoms with E-state index in [-0.39, 0.29) is 0 Å². The second kappa shape index (κ2) is 11.0. The molecule has 1 aliphatic heterocycles. The van der Waals surface area contributed by atoms with Crippen molar-refractivity contribution in [3.63, 3.8) is 0 Å². The molecule has 52 heavy (non-hydrogen) atoms. The summed E-state index contributed by atoms with van der Waals surface area (Å²) in [6, 6.07) is 60.2. The van der Waals surface area contributed by atoms with E-state index in [1.54, 1.807) is 0 Å². The van der Waals surface area contributed by atoms with Crippen molar-refractivity contribution in [2.75, 3.05) is 4.90 Å². The maximum Gasteiger partial charge on any atom is 0.143 e. The van der Waals surface area contributed by atoms with E-state index in [2.05, 4.69) is 182 Å². The van der Waals surface area contributed by atoms with E-state index in [1.165, 1.54) is 74.6 Å². The van der Waals surface area contributed by atoms with Gasteiger partial charge in [-0.3, -0.25) is 0 Å². The first-order valence-corrected chi connectivity index (χ1v) is 21.7. The lowest BCUT2D eigenvalue weighted by Gasteiger charge is -2.28. The zero-order valence-corrected chi connectivity index (χ0v) is 30.7. The van der Waals surface area contributed by atoms with Crippen LogP contribution in [0.2, 0.25) is 13.1 Å². The van der Waals surface area contributed by atoms with Gasteiger partial charge in [0, 0.05) is 53.4 Å². The fourth-order valence-corrected chi connectivity index (χ4v) is 12.9. The topological polar surface area (TPSA) is 16.4 Å². The average Bonchev–Trinajstić information content (AvgIpc) is 3.83. The van der Waals surface area contributed by atoms with E-state index in [4.69, 9.17) is 4.42 Å². The molecule has 4 heteroatoms. The van der Waals surface area contributed by atoms with Crippen molar-refractivity contribution in [3.8, 4) is 22.3 Å². The molecule has 0 N–H and O–H groups in total. The Kier molecular flexibility index (Phi) is 6.31. The third-order valence-electron chi connectivity index (χ3n) is 11.3. The minimum absolute atomic E-state index is 0.939. The lowest BCUT2D eigenvalue weighted by molar-refractivity contribution is 0.673. The largest absolute Gasteiger partial charge is 0.455 e. The van der Waals surface area contributed by atoms with Crippen molar-refractivity contribution in [2.24, 2.45) is 0 Å². The Balaban J connectivity index is 1.10. The van der Waals surface area contributed by atoms with Crippen LogP contribution >= 0.6 is 11.3 Å². The van der Waals surface area contributed by atoms with Crippen LogP contribution in [0, 0.1) is 0 Å². The number of hydrogen-bond acceptors (Lipinski definition) is 3. The lowest BCUT2D eigenvalue weighted by Crippen LogP contribution is -2.49. The van der Waals surface area contributed by atoms with Crippen LogP contribution < -0.4 is 15.3 Å². The number of fused-ring (bicyclic) bond motifs is 12. The van der Waals surface area contributed by atoms with Crippen LogP contribution in [0.25, 0.3) is 75.1 Å². The van der Waals surface area contributed by atoms with Gasteiger partial charge in [0.25, 0.3) is 0 Å². The summed E-state index contributed by atoms with van der Waals surface area (Å²) in [6.45, 7) is 4.99. The molecule has 0 bridgehead atoms. The SMILES string of the molecule is C[Si]1(C)c2ccccc2-c2ccc(N(c3ccc(-c4ccccc4)cc3)c3ccc4c(c3)sc3ccc5oc6c7ccccc7ccc6c5c34)cc21. The normalized spacial score (nSPS) is 13.3. The molecule has 8 aromatic carbocycles. The minimum atomic E-state index is -1.87. The number of hydrogen-bond donors (Lipinski definition) is 0. The molecule has 0 spiro atoms. The predicted molar refractivity (Wildman–Crippen MR) is 226 cm³/mol. The maximum absolute atomic E-state index is 6.59. The van der Waals surface area contributed by atoms with Gasteiger partial charge in [-0.1, -0.05) is 122 Å². The molecule has 11 rings (SSSR count). The van der Waals surface area contributed by atoms with Crippen LogP contribution in [0.1, 0.15) is 0 Å². The highest BCUT2D eigenvalue weighted by atomic mass is 32.1. The van der Waals surface area contributed by atoms with E-state index in [0.717, 1.165) is 27.9 Å². The summed E-state index contributed by atoms with van der Waals surface area (Å²) in [5.41, 5.74) is 10.6. The third kappa shape index (κ3) is 4.29. The van der Waals surface area contributed by atoms with E-state index in [9.17, 15) is 0 Å². The van der Waals surface area contributed by atoms with Gasteiger partial charge in [0.1, 0.15) is 19.2 Å². The van der Waals surface area contributed by atoms with Gasteiger partial charge in [-0.25, -0.2) is 0 Å². The first-order chi connectivity index (χ1) is 25.5. The Morgan fingerprint density at radius 1 is 0.481 bits per heavy atom. The number of furan rings is 1. The van der Waals surface area contributed by atoms with E-state index in [1.807, 2.05) is 11.3 Å². The van der Waals surface area contributed by atoms with E-state index >= 15 is 0 Å². The van der Waals surface area contributed by atoms with Gasteiger partial charge >= 0.3 is 0 Å². The van der Waals surface area contributed by atoms with E-state index < -0.39 is 8.07 Å². The minimum Gasteiger partial charge on any atom is -0.455 e. The monoisotopic (exact) mass is 699 g/mol. The Morgan fingerprint density at radius 3 is 2.06 bits per heavy atom. The second-order valence-electron chi connectivity index (χ2n) is 14.5. The Bertz CT molecular complexity index is 3050. The highest BCUT2D eigenvalue weighted by Crippen LogP contribution is 2.46. The highest BCUT2D eigenvalue weighted by Gasteiger charge is 2.37. The number of benzene rings is 8. The first kappa shape index (κ1) is 29.8. The molecule has 10 aromatic rings. The van der Waals surface area contributed by atoms with Crippen LogP contribution in [0.3, 0.4) is 0 Å². The molecule has 0 atom stereocenters. The molecule has 0 aliphatic carbocycles. The second-order valence-corrected chi connectivity index (χ2v) is 19.9. The van der Waals surface area contributed by atoms with Crippen molar-refractivity contribution >= 4 is 99.7 Å². The standard InChI is InChI=1S/C48H33NOSSi/c1-52(2)44-15-9-8-14-37(44)38-24-21-35(29-45(38)52)49(33-19-16-31(17-20-33)30-10-4-3-5-11-30)34-22-25-39-43(28-34)51-42-27-26-41-46(47(39)42)40-23-18-32-12-6-7-13-36(32)48(40)50-41/h3-29H,1-2H3. The molecule has 0 saturated heterocycles. The Hall–Kier alpha value is -5.94. The number of anilines is 3. The highest BCUT2D eigenvalue weighted by molar-refractivity contribution is 7.26. The molecule has 2 nitrogen and oxygen atoms in total. The van der Waals surface area contributed by atoms with Gasteiger partial charge in [0.2, 0.25) is 0 Å². The zero-order chi connectivity index (χ0) is 34.6. The molecule has 0 unspecified atom stereocenters. The first-order valence-electron chi connectivity index (χ1n) is 17.9. The van der Waals surface area contributed by atoms with Crippen molar-refractivity contribution in [1.82, 2.24) is 0 Å². The fourth-order valence-electron chi connectivity index (χ4n) is 8.70. The van der Waals surface area contributed by atoms with Crippen molar-refractivity contribution in [2.45, 2.75) is 13.1 Å². The van der Waals surface area contributed by atoms with Crippen molar-refractivity contribution < 1.29 is 4.42 Å². The van der Waals surface area contributed by atoms with Gasteiger partial charge in [-0.15, -0.1) is 11.3 Å². The van der Waals surface area contributed by atoms with Crippen LogP contribution in [-0.4, -0.2) is 8.07 Å². The summed E-state index contributed by atoms with van der Waals surface area (Å²) in [5.74, 6) is 0. The van der Waals surface area contributed by atoms with Crippen LogP contribution in [0.4, 0.5) is 17.1 Å². The van der Waals surface area contributed by atoms with E-state index in [0.29, 0.717) is 0 Å². The zero-order valence-electron chi connectivity index (χ0n) is 28.9. The van der Waals surface area contributed by atoms with Crippen LogP contribution in [0.5, 0.6) is 0 Å². The summed E-state index contributed by atoms with van der Waals surface area (Å²) in [5, 5.41) is 10.3. The van der Waals surface area contributed by atoms with Crippen molar-refractivity contribution in [3.05, 3.63) is 164 Å². The number of rotatable bonds is 4. The summed E-state index contributed by atoms with van der Waals surface area (Å²) in [4.78, 5) is 2.45. The average molecular weight is 700 g/mol. The maximum atomic E-state index is 6.59. The molecular formula is C48H33NOSSi. The van der Waals surface area contributed by atoms with Gasteiger partial charge in [-0.2, -0.15) is 0 Å². The molecule has 0 radical (unpaired) electrons. The quantitative estimate of drug-likeness (QED) is 0.170. The fraction of sp³-hybridized carbons (Fsp3) is 0.0417. The smallest absolute Gasteiger partial charge is 0.143 e. The summed E-state index contributed by atoms with van der Waals surface area (Å²) < 4.78 is 9.13. The summed E-state index contributed by atoms with van der Waals surface area (Å²) in [6.07, 6.45) is 0. The predicted octanol–water partition coefficient (Wildman–Crippen LogP) is 13.0. The molecule has 2 aromatic heterocycles. The Labute approximate surface area is 306 Å². The molecule has 1 aliphatic rings. The molecule has 0 fully saturated rings. The van der Waals surface area contributed by atoms with Gasteiger partial charge in [0.15, 0.2) is 0 Å².